The molecule has 0 unspecified atom stereocenters. The molecule has 0 fully saturated rings. The normalized spacial score (nSPS) is 10.9. The summed E-state index contributed by atoms with van der Waals surface area (Å²) < 4.78 is 21.8. The molecule has 196 valence electrons. The number of carboxylic acids is 1. The van der Waals surface area contributed by atoms with Crippen LogP contribution in [0.15, 0.2) is 103 Å². The van der Waals surface area contributed by atoms with E-state index in [1.54, 1.807) is 36.4 Å². The zero-order valence-electron chi connectivity index (χ0n) is 21.1. The Morgan fingerprint density at radius 2 is 1.64 bits per heavy atom. The molecule has 0 aliphatic rings. The standard InChI is InChI=1S/C32H26ClFN2O3/c33-26-8-4-7-24(17-26)21-39-31-14-9-23(19-32(37)38)18-28(31)29-20-30(25-10-12-27(34)13-11-25)36(35-29)16-15-22-5-2-1-3-6-22/h1-14,17-18,20H,15-16,19,21H2,(H,37,38). The Labute approximate surface area is 231 Å². The topological polar surface area (TPSA) is 64.3 Å². The Hall–Kier alpha value is -4.42. The minimum atomic E-state index is -0.922. The first-order valence-corrected chi connectivity index (χ1v) is 12.9. The van der Waals surface area contributed by atoms with Crippen LogP contribution in [-0.4, -0.2) is 20.9 Å². The minimum Gasteiger partial charge on any atom is -0.488 e. The first kappa shape index (κ1) is 26.2. The van der Waals surface area contributed by atoms with Crippen LogP contribution in [-0.2, 0) is 30.8 Å². The van der Waals surface area contributed by atoms with Gasteiger partial charge in [0.15, 0.2) is 0 Å². The molecule has 5 rings (SSSR count). The molecule has 1 N–H and O–H groups in total. The molecule has 0 saturated carbocycles. The van der Waals surface area contributed by atoms with Gasteiger partial charge in [-0.15, -0.1) is 0 Å². The lowest BCUT2D eigenvalue weighted by molar-refractivity contribution is -0.136. The third-order valence-corrected chi connectivity index (χ3v) is 6.57. The van der Waals surface area contributed by atoms with E-state index in [1.807, 2.05) is 47.1 Å². The highest BCUT2D eigenvalue weighted by Crippen LogP contribution is 2.34. The van der Waals surface area contributed by atoms with Gasteiger partial charge < -0.3 is 9.84 Å². The number of aryl methyl sites for hydroxylation is 2. The highest BCUT2D eigenvalue weighted by atomic mass is 35.5. The van der Waals surface area contributed by atoms with Crippen molar-refractivity contribution in [2.45, 2.75) is 26.0 Å². The molecule has 7 heteroatoms. The smallest absolute Gasteiger partial charge is 0.307 e. The minimum absolute atomic E-state index is 0.124. The average molecular weight is 541 g/mol. The van der Waals surface area contributed by atoms with E-state index >= 15 is 0 Å². The van der Waals surface area contributed by atoms with Crippen LogP contribution in [0, 0.1) is 5.82 Å². The number of ether oxygens (including phenoxy) is 1. The van der Waals surface area contributed by atoms with Gasteiger partial charge in [0, 0.05) is 22.7 Å². The van der Waals surface area contributed by atoms with Crippen LogP contribution < -0.4 is 4.74 Å². The summed E-state index contributed by atoms with van der Waals surface area (Å²) in [5.41, 5.74) is 5.68. The molecular formula is C32H26ClFN2O3. The van der Waals surface area contributed by atoms with Crippen molar-refractivity contribution < 1.29 is 19.0 Å². The van der Waals surface area contributed by atoms with Crippen LogP contribution in [0.1, 0.15) is 16.7 Å². The fraction of sp³-hybridized carbons (Fsp3) is 0.125. The zero-order chi connectivity index (χ0) is 27.2. The maximum Gasteiger partial charge on any atom is 0.307 e. The van der Waals surface area contributed by atoms with Crippen molar-refractivity contribution >= 4 is 17.6 Å². The van der Waals surface area contributed by atoms with Gasteiger partial charge in [-0.25, -0.2) is 4.39 Å². The van der Waals surface area contributed by atoms with E-state index in [4.69, 9.17) is 21.4 Å². The maximum atomic E-state index is 13.7. The number of rotatable bonds is 10. The second-order valence-corrected chi connectivity index (χ2v) is 9.64. The second-order valence-electron chi connectivity index (χ2n) is 9.20. The molecule has 0 saturated heterocycles. The SMILES string of the molecule is O=C(O)Cc1ccc(OCc2cccc(Cl)c2)c(-c2cc(-c3ccc(F)cc3)n(CCc3ccccc3)n2)c1. The first-order valence-electron chi connectivity index (χ1n) is 12.5. The number of nitrogens with zero attached hydrogens (tertiary/aromatic N) is 2. The summed E-state index contributed by atoms with van der Waals surface area (Å²) in [5, 5.41) is 14.9. The van der Waals surface area contributed by atoms with Gasteiger partial charge in [0.2, 0.25) is 0 Å². The molecule has 5 aromatic rings. The monoisotopic (exact) mass is 540 g/mol. The molecule has 0 bridgehead atoms. The lowest BCUT2D eigenvalue weighted by atomic mass is 10.0. The Kier molecular flexibility index (Phi) is 8.04. The van der Waals surface area contributed by atoms with E-state index in [0.717, 1.165) is 23.2 Å². The first-order chi connectivity index (χ1) is 18.9. The predicted molar refractivity (Wildman–Crippen MR) is 150 cm³/mol. The third kappa shape index (κ3) is 6.72. The molecule has 0 aliphatic heterocycles. The van der Waals surface area contributed by atoms with Gasteiger partial charge >= 0.3 is 5.97 Å². The number of hydrogen-bond acceptors (Lipinski definition) is 3. The van der Waals surface area contributed by atoms with Crippen molar-refractivity contribution in [3.63, 3.8) is 0 Å². The molecule has 0 amide bonds. The van der Waals surface area contributed by atoms with E-state index < -0.39 is 5.97 Å². The maximum absolute atomic E-state index is 13.7. The van der Waals surface area contributed by atoms with Crippen molar-refractivity contribution in [3.8, 4) is 28.3 Å². The van der Waals surface area contributed by atoms with Gasteiger partial charge in [0.25, 0.3) is 0 Å². The van der Waals surface area contributed by atoms with Crippen molar-refractivity contribution in [2.24, 2.45) is 0 Å². The van der Waals surface area contributed by atoms with Gasteiger partial charge in [0.05, 0.1) is 17.8 Å². The number of halogens is 2. The van der Waals surface area contributed by atoms with E-state index in [9.17, 15) is 14.3 Å². The van der Waals surface area contributed by atoms with Crippen LogP contribution in [0.25, 0.3) is 22.5 Å². The average Bonchev–Trinajstić information content (AvgIpc) is 3.36. The molecule has 0 radical (unpaired) electrons. The predicted octanol–water partition coefficient (Wildman–Crippen LogP) is 7.46. The van der Waals surface area contributed by atoms with E-state index in [2.05, 4.69) is 12.1 Å². The molecule has 0 atom stereocenters. The number of carbonyl (C=O) groups is 1. The Morgan fingerprint density at radius 3 is 2.38 bits per heavy atom. The molecule has 1 heterocycles. The van der Waals surface area contributed by atoms with E-state index in [1.165, 1.54) is 17.7 Å². The molecular weight excluding hydrogens is 515 g/mol. The number of aromatic nitrogens is 2. The van der Waals surface area contributed by atoms with Crippen molar-refractivity contribution in [1.82, 2.24) is 9.78 Å². The Balaban J connectivity index is 1.54. The summed E-state index contributed by atoms with van der Waals surface area (Å²) in [6.45, 7) is 0.885. The van der Waals surface area contributed by atoms with Crippen LogP contribution in [0.3, 0.4) is 0 Å². The third-order valence-electron chi connectivity index (χ3n) is 6.33. The highest BCUT2D eigenvalue weighted by molar-refractivity contribution is 6.30. The number of hydrogen-bond donors (Lipinski definition) is 1. The summed E-state index contributed by atoms with van der Waals surface area (Å²) >= 11 is 6.14. The molecule has 39 heavy (non-hydrogen) atoms. The van der Waals surface area contributed by atoms with Gasteiger partial charge in [-0.3, -0.25) is 9.48 Å². The summed E-state index contributed by atoms with van der Waals surface area (Å²) in [7, 11) is 0. The van der Waals surface area contributed by atoms with Crippen LogP contribution in [0.5, 0.6) is 5.75 Å². The van der Waals surface area contributed by atoms with Gasteiger partial charge in [-0.2, -0.15) is 5.10 Å². The number of aliphatic carboxylic acids is 1. The summed E-state index contributed by atoms with van der Waals surface area (Å²) in [5.74, 6) is -0.663. The summed E-state index contributed by atoms with van der Waals surface area (Å²) in [6, 6.07) is 31.1. The lowest BCUT2D eigenvalue weighted by Crippen LogP contribution is -2.06. The quantitative estimate of drug-likeness (QED) is 0.200. The van der Waals surface area contributed by atoms with Gasteiger partial charge in [0.1, 0.15) is 18.2 Å². The van der Waals surface area contributed by atoms with Crippen molar-refractivity contribution in [3.05, 3.63) is 131 Å². The second kappa shape index (κ2) is 12.0. The van der Waals surface area contributed by atoms with Crippen LogP contribution >= 0.6 is 11.6 Å². The molecule has 0 spiro atoms. The van der Waals surface area contributed by atoms with Crippen LogP contribution in [0.2, 0.25) is 5.02 Å². The lowest BCUT2D eigenvalue weighted by Gasteiger charge is -2.12. The largest absolute Gasteiger partial charge is 0.488 e. The highest BCUT2D eigenvalue weighted by Gasteiger charge is 2.17. The van der Waals surface area contributed by atoms with Gasteiger partial charge in [-0.1, -0.05) is 60.1 Å². The fourth-order valence-corrected chi connectivity index (χ4v) is 4.64. The van der Waals surface area contributed by atoms with Crippen LogP contribution in [0.4, 0.5) is 4.39 Å². The molecule has 4 aromatic carbocycles. The summed E-state index contributed by atoms with van der Waals surface area (Å²) in [6.07, 6.45) is 0.633. The van der Waals surface area contributed by atoms with Gasteiger partial charge in [-0.05, 0) is 77.7 Å². The summed E-state index contributed by atoms with van der Waals surface area (Å²) in [4.78, 5) is 11.4. The van der Waals surface area contributed by atoms with Crippen molar-refractivity contribution in [2.75, 3.05) is 0 Å². The number of carboxylic acid groups (broad SMARTS) is 1. The Bertz CT molecular complexity index is 1580. The zero-order valence-corrected chi connectivity index (χ0v) is 21.8. The van der Waals surface area contributed by atoms with E-state index in [-0.39, 0.29) is 18.8 Å². The molecule has 0 aliphatic carbocycles. The van der Waals surface area contributed by atoms with E-state index in [0.29, 0.717) is 34.1 Å². The van der Waals surface area contributed by atoms with Crippen molar-refractivity contribution in [1.29, 1.82) is 0 Å². The molecule has 5 nitrogen and oxygen atoms in total. The number of benzene rings is 4. The Morgan fingerprint density at radius 1 is 0.872 bits per heavy atom. The fourth-order valence-electron chi connectivity index (χ4n) is 4.43. The molecule has 1 aromatic heterocycles.